The van der Waals surface area contributed by atoms with Crippen LogP contribution in [-0.4, -0.2) is 37.4 Å². The van der Waals surface area contributed by atoms with E-state index in [1.807, 2.05) is 0 Å². The second-order valence-electron chi connectivity index (χ2n) is 4.81. The fourth-order valence-electron chi connectivity index (χ4n) is 2.22. The van der Waals surface area contributed by atoms with Gasteiger partial charge in [-0.15, -0.1) is 0 Å². The van der Waals surface area contributed by atoms with E-state index in [1.165, 1.54) is 13.5 Å². The Labute approximate surface area is 97.4 Å². The van der Waals surface area contributed by atoms with Crippen molar-refractivity contribution in [1.29, 1.82) is 0 Å². The van der Waals surface area contributed by atoms with Gasteiger partial charge in [-0.1, -0.05) is 19.3 Å². The van der Waals surface area contributed by atoms with Crippen LogP contribution in [0.5, 0.6) is 0 Å². The molecular formula is C12H23NO3. The summed E-state index contributed by atoms with van der Waals surface area (Å²) < 4.78 is 4.94. The molecule has 94 valence electrons. The molecule has 1 fully saturated rings. The number of methoxy groups -OCH3 is 1. The normalized spacial score (nSPS) is 21.4. The van der Waals surface area contributed by atoms with Crippen molar-refractivity contribution in [2.75, 3.05) is 20.3 Å². The van der Waals surface area contributed by atoms with E-state index in [4.69, 9.17) is 4.74 Å². The molecule has 1 amide bonds. The van der Waals surface area contributed by atoms with E-state index in [9.17, 15) is 9.90 Å². The molecule has 1 rings (SSSR count). The summed E-state index contributed by atoms with van der Waals surface area (Å²) >= 11 is 0. The summed E-state index contributed by atoms with van der Waals surface area (Å²) in [6, 6.07) is 0. The Morgan fingerprint density at radius 2 is 2.06 bits per heavy atom. The number of rotatable bonds is 5. The first-order valence-electron chi connectivity index (χ1n) is 6.05. The highest BCUT2D eigenvalue weighted by atomic mass is 16.5. The number of hydrogen-bond acceptors (Lipinski definition) is 3. The summed E-state index contributed by atoms with van der Waals surface area (Å²) in [5.41, 5.74) is -0.0959. The van der Waals surface area contributed by atoms with E-state index in [0.29, 0.717) is 6.54 Å². The smallest absolute Gasteiger partial charge is 0.248 e. The molecule has 0 saturated heterocycles. The Kier molecular flexibility index (Phi) is 5.22. The highest BCUT2D eigenvalue weighted by Crippen LogP contribution is 2.35. The van der Waals surface area contributed by atoms with Crippen LogP contribution in [0.2, 0.25) is 0 Å². The third-order valence-corrected chi connectivity index (χ3v) is 3.61. The number of nitrogens with one attached hydrogen (secondary N) is 1. The van der Waals surface area contributed by atoms with E-state index >= 15 is 0 Å². The van der Waals surface area contributed by atoms with E-state index in [0.717, 1.165) is 25.7 Å². The Balaban J connectivity index is 2.41. The van der Waals surface area contributed by atoms with Crippen molar-refractivity contribution in [1.82, 2.24) is 5.32 Å². The van der Waals surface area contributed by atoms with Gasteiger partial charge in [-0.05, 0) is 19.8 Å². The number of aliphatic hydroxyl groups excluding tert-OH is 1. The monoisotopic (exact) mass is 229 g/mol. The second kappa shape index (κ2) is 6.21. The van der Waals surface area contributed by atoms with Crippen molar-refractivity contribution in [3.63, 3.8) is 0 Å². The quantitative estimate of drug-likeness (QED) is 0.741. The predicted molar refractivity (Wildman–Crippen MR) is 62.1 cm³/mol. The zero-order valence-electron chi connectivity index (χ0n) is 10.3. The number of carbonyl (C=O) groups is 1. The van der Waals surface area contributed by atoms with Crippen LogP contribution in [0.25, 0.3) is 0 Å². The van der Waals surface area contributed by atoms with E-state index in [2.05, 4.69) is 5.32 Å². The molecule has 2 N–H and O–H groups in total. The SMILES string of the molecule is COC(C)C(=O)NCC1(CO)CCCCC1. The molecule has 1 aliphatic rings. The molecule has 0 aromatic carbocycles. The predicted octanol–water partition coefficient (Wildman–Crippen LogP) is 1.08. The number of hydrogen-bond donors (Lipinski definition) is 2. The van der Waals surface area contributed by atoms with E-state index in [-0.39, 0.29) is 17.9 Å². The van der Waals surface area contributed by atoms with Gasteiger partial charge in [0.1, 0.15) is 6.10 Å². The van der Waals surface area contributed by atoms with Gasteiger partial charge in [0.2, 0.25) is 5.91 Å². The molecule has 4 nitrogen and oxygen atoms in total. The fraction of sp³-hybridized carbons (Fsp3) is 0.917. The molecule has 1 atom stereocenters. The van der Waals surface area contributed by atoms with Crippen LogP contribution in [0.4, 0.5) is 0 Å². The zero-order valence-corrected chi connectivity index (χ0v) is 10.3. The molecule has 1 saturated carbocycles. The molecule has 16 heavy (non-hydrogen) atoms. The van der Waals surface area contributed by atoms with Crippen molar-refractivity contribution < 1.29 is 14.6 Å². The molecule has 0 bridgehead atoms. The van der Waals surface area contributed by atoms with Crippen molar-refractivity contribution in [2.45, 2.75) is 45.1 Å². The summed E-state index contributed by atoms with van der Waals surface area (Å²) in [7, 11) is 1.52. The molecular weight excluding hydrogens is 206 g/mol. The topological polar surface area (TPSA) is 58.6 Å². The maximum Gasteiger partial charge on any atom is 0.248 e. The lowest BCUT2D eigenvalue weighted by atomic mass is 9.74. The average Bonchev–Trinajstić information content (AvgIpc) is 2.36. The molecule has 1 aliphatic carbocycles. The first kappa shape index (κ1) is 13.5. The number of amides is 1. The molecule has 4 heteroatoms. The van der Waals surface area contributed by atoms with Gasteiger partial charge < -0.3 is 15.2 Å². The maximum absolute atomic E-state index is 11.6. The van der Waals surface area contributed by atoms with Gasteiger partial charge in [0.05, 0.1) is 6.61 Å². The molecule has 1 unspecified atom stereocenters. The van der Waals surface area contributed by atoms with Gasteiger partial charge in [0.25, 0.3) is 0 Å². The van der Waals surface area contributed by atoms with Crippen LogP contribution in [-0.2, 0) is 9.53 Å². The lowest BCUT2D eigenvalue weighted by Gasteiger charge is -2.35. The fourth-order valence-corrected chi connectivity index (χ4v) is 2.22. The van der Waals surface area contributed by atoms with Gasteiger partial charge in [-0.3, -0.25) is 4.79 Å². The molecule has 0 heterocycles. The van der Waals surface area contributed by atoms with Gasteiger partial charge in [-0.2, -0.15) is 0 Å². The zero-order chi connectivity index (χ0) is 12.0. The summed E-state index contributed by atoms with van der Waals surface area (Å²) in [5.74, 6) is -0.0964. The maximum atomic E-state index is 11.6. The highest BCUT2D eigenvalue weighted by Gasteiger charge is 2.32. The summed E-state index contributed by atoms with van der Waals surface area (Å²) in [4.78, 5) is 11.6. The second-order valence-corrected chi connectivity index (χ2v) is 4.81. The van der Waals surface area contributed by atoms with Gasteiger partial charge in [0.15, 0.2) is 0 Å². The first-order chi connectivity index (χ1) is 7.63. The summed E-state index contributed by atoms with van der Waals surface area (Å²) in [5, 5.41) is 12.3. The minimum Gasteiger partial charge on any atom is -0.396 e. The lowest BCUT2D eigenvalue weighted by molar-refractivity contribution is -0.130. The molecule has 0 spiro atoms. The largest absolute Gasteiger partial charge is 0.396 e. The Morgan fingerprint density at radius 1 is 1.44 bits per heavy atom. The van der Waals surface area contributed by atoms with Gasteiger partial charge in [-0.25, -0.2) is 0 Å². The van der Waals surface area contributed by atoms with Crippen molar-refractivity contribution >= 4 is 5.91 Å². The van der Waals surface area contributed by atoms with Gasteiger partial charge >= 0.3 is 0 Å². The highest BCUT2D eigenvalue weighted by molar-refractivity contribution is 5.80. The van der Waals surface area contributed by atoms with Crippen molar-refractivity contribution in [3.05, 3.63) is 0 Å². The number of aliphatic hydroxyl groups is 1. The number of carbonyl (C=O) groups excluding carboxylic acids is 1. The van der Waals surface area contributed by atoms with Crippen molar-refractivity contribution in [2.24, 2.45) is 5.41 Å². The standard InChI is InChI=1S/C12H23NO3/c1-10(16-2)11(15)13-8-12(9-14)6-4-3-5-7-12/h10,14H,3-9H2,1-2H3,(H,13,15). The minimum atomic E-state index is -0.417. The van der Waals surface area contributed by atoms with Crippen molar-refractivity contribution in [3.8, 4) is 0 Å². The Hall–Kier alpha value is -0.610. The summed E-state index contributed by atoms with van der Waals surface area (Å²) in [6.45, 7) is 2.45. The van der Waals surface area contributed by atoms with Crippen LogP contribution in [0.15, 0.2) is 0 Å². The van der Waals surface area contributed by atoms with E-state index in [1.54, 1.807) is 6.92 Å². The Bertz CT molecular complexity index is 224. The molecule has 0 radical (unpaired) electrons. The van der Waals surface area contributed by atoms with Crippen LogP contribution in [0.1, 0.15) is 39.0 Å². The Morgan fingerprint density at radius 3 is 2.56 bits per heavy atom. The minimum absolute atomic E-state index is 0.0959. The van der Waals surface area contributed by atoms with Gasteiger partial charge in [0, 0.05) is 19.1 Å². The molecule has 0 aromatic heterocycles. The van der Waals surface area contributed by atoms with Crippen LogP contribution in [0.3, 0.4) is 0 Å². The average molecular weight is 229 g/mol. The van der Waals surface area contributed by atoms with Crippen LogP contribution >= 0.6 is 0 Å². The van der Waals surface area contributed by atoms with E-state index < -0.39 is 6.10 Å². The van der Waals surface area contributed by atoms with Crippen LogP contribution < -0.4 is 5.32 Å². The van der Waals surface area contributed by atoms with Crippen LogP contribution in [0, 0.1) is 5.41 Å². The molecule has 0 aromatic rings. The third kappa shape index (κ3) is 3.46. The first-order valence-corrected chi connectivity index (χ1v) is 6.05. The summed E-state index contributed by atoms with van der Waals surface area (Å²) in [6.07, 6.45) is 5.13. The number of ether oxygens (including phenoxy) is 1. The lowest BCUT2D eigenvalue weighted by Crippen LogP contribution is -2.44. The molecule has 0 aliphatic heterocycles. The third-order valence-electron chi connectivity index (χ3n) is 3.61.